The Bertz CT molecular complexity index is 436. The van der Waals surface area contributed by atoms with Crippen LogP contribution >= 0.6 is 0 Å². The van der Waals surface area contributed by atoms with Crippen molar-refractivity contribution in [2.24, 2.45) is 0 Å². The van der Waals surface area contributed by atoms with E-state index in [9.17, 15) is 4.79 Å². The molecule has 1 aromatic carbocycles. The first-order valence-electron chi connectivity index (χ1n) is 6.72. The monoisotopic (exact) mass is 261 g/mol. The lowest BCUT2D eigenvalue weighted by molar-refractivity contribution is -0.154. The van der Waals surface area contributed by atoms with E-state index < -0.39 is 8.80 Å². The van der Waals surface area contributed by atoms with Gasteiger partial charge in [0.2, 0.25) is 5.91 Å². The van der Waals surface area contributed by atoms with Crippen LogP contribution in [0.15, 0.2) is 30.3 Å². The number of hydrogen-bond acceptors (Lipinski definition) is 1. The molecule has 2 unspecified atom stereocenters. The van der Waals surface area contributed by atoms with Gasteiger partial charge in [0, 0.05) is 14.3 Å². The first kappa shape index (κ1) is 13.3. The average molecular weight is 261 g/mol. The van der Waals surface area contributed by atoms with Crippen molar-refractivity contribution >= 4 is 14.7 Å². The summed E-state index contributed by atoms with van der Waals surface area (Å²) in [6, 6.07) is 10.8. The molecular formula is C15H23NOSi. The van der Waals surface area contributed by atoms with Crippen LogP contribution in [0.4, 0.5) is 0 Å². The van der Waals surface area contributed by atoms with Gasteiger partial charge in [0.1, 0.15) is 0 Å². The zero-order valence-corrected chi connectivity index (χ0v) is 13.1. The summed E-state index contributed by atoms with van der Waals surface area (Å²) in [4.78, 5) is 14.5. The lowest BCUT2D eigenvalue weighted by Gasteiger charge is -2.55. The van der Waals surface area contributed by atoms with Gasteiger partial charge in [-0.2, -0.15) is 0 Å². The standard InChI is InChI=1S/C15H23NOSi/c1-15(2,3)16-12(11-9-7-6-8-10-11)13(14(16)17)18(4)5/h6-10,12-13,18H,1-5H3. The molecule has 0 aromatic heterocycles. The number of amides is 1. The van der Waals surface area contributed by atoms with E-state index in [-0.39, 0.29) is 11.1 Å². The van der Waals surface area contributed by atoms with Crippen LogP contribution < -0.4 is 0 Å². The van der Waals surface area contributed by atoms with Crippen LogP contribution in [0, 0.1) is 0 Å². The van der Waals surface area contributed by atoms with Gasteiger partial charge < -0.3 is 4.90 Å². The van der Waals surface area contributed by atoms with Crippen LogP contribution in [-0.4, -0.2) is 25.1 Å². The van der Waals surface area contributed by atoms with Crippen LogP contribution in [0.5, 0.6) is 0 Å². The Labute approximate surface area is 112 Å². The molecule has 1 heterocycles. The van der Waals surface area contributed by atoms with Crippen molar-refractivity contribution in [3.05, 3.63) is 35.9 Å². The third-order valence-electron chi connectivity index (χ3n) is 3.72. The summed E-state index contributed by atoms with van der Waals surface area (Å²) in [7, 11) is -0.965. The van der Waals surface area contributed by atoms with Gasteiger partial charge in [0.25, 0.3) is 0 Å². The van der Waals surface area contributed by atoms with E-state index in [0.717, 1.165) is 0 Å². The highest BCUT2D eigenvalue weighted by molar-refractivity contribution is 6.63. The van der Waals surface area contributed by atoms with Crippen molar-refractivity contribution in [2.75, 3.05) is 0 Å². The van der Waals surface area contributed by atoms with Crippen molar-refractivity contribution in [3.63, 3.8) is 0 Å². The van der Waals surface area contributed by atoms with Gasteiger partial charge >= 0.3 is 0 Å². The molecule has 18 heavy (non-hydrogen) atoms. The van der Waals surface area contributed by atoms with Crippen molar-refractivity contribution in [2.45, 2.75) is 51.0 Å². The molecule has 2 atom stereocenters. The largest absolute Gasteiger partial charge is 0.330 e. The summed E-state index contributed by atoms with van der Waals surface area (Å²) in [5, 5.41) is 0. The number of hydrogen-bond donors (Lipinski definition) is 0. The summed E-state index contributed by atoms with van der Waals surface area (Å²) in [6.07, 6.45) is 0. The second-order valence-corrected chi connectivity index (χ2v) is 9.71. The number of rotatable bonds is 2. The first-order valence-corrected chi connectivity index (χ1v) is 9.70. The molecule has 98 valence electrons. The highest BCUT2D eigenvalue weighted by Crippen LogP contribution is 2.49. The lowest BCUT2D eigenvalue weighted by atomic mass is 9.87. The fourth-order valence-corrected chi connectivity index (χ4v) is 4.77. The summed E-state index contributed by atoms with van der Waals surface area (Å²) >= 11 is 0. The molecule has 0 bridgehead atoms. The molecule has 0 radical (unpaired) electrons. The molecule has 0 spiro atoms. The SMILES string of the molecule is C[SiH](C)C1C(=O)N(C(C)(C)C)C1c1ccccc1. The van der Waals surface area contributed by atoms with Crippen LogP contribution in [0.3, 0.4) is 0 Å². The molecule has 1 aliphatic heterocycles. The van der Waals surface area contributed by atoms with E-state index in [1.54, 1.807) is 0 Å². The van der Waals surface area contributed by atoms with E-state index in [4.69, 9.17) is 0 Å². The smallest absolute Gasteiger partial charge is 0.226 e. The second-order valence-electron chi connectivity index (χ2n) is 6.50. The van der Waals surface area contributed by atoms with E-state index in [0.29, 0.717) is 11.9 Å². The van der Waals surface area contributed by atoms with Crippen molar-refractivity contribution < 1.29 is 4.79 Å². The fraction of sp³-hybridized carbons (Fsp3) is 0.533. The molecule has 1 aromatic rings. The second kappa shape index (κ2) is 4.54. The number of likely N-dealkylation sites (tertiary alicyclic amines) is 1. The molecule has 0 aliphatic carbocycles. The Morgan fingerprint density at radius 2 is 1.67 bits per heavy atom. The van der Waals surface area contributed by atoms with Crippen molar-refractivity contribution in [1.82, 2.24) is 4.90 Å². The number of nitrogens with zero attached hydrogens (tertiary/aromatic N) is 1. The Balaban J connectivity index is 2.37. The summed E-state index contributed by atoms with van der Waals surface area (Å²) in [5.41, 5.74) is 1.47. The molecule has 1 amide bonds. The number of benzene rings is 1. The summed E-state index contributed by atoms with van der Waals surface area (Å²) < 4.78 is 0. The van der Waals surface area contributed by atoms with E-state index in [1.807, 2.05) is 6.07 Å². The van der Waals surface area contributed by atoms with Gasteiger partial charge in [0.05, 0.1) is 11.6 Å². The molecular weight excluding hydrogens is 238 g/mol. The molecule has 3 heteroatoms. The predicted octanol–water partition coefficient (Wildman–Crippen LogP) is 3.23. The Hall–Kier alpha value is -1.09. The zero-order valence-electron chi connectivity index (χ0n) is 12.0. The fourth-order valence-electron chi connectivity index (χ4n) is 2.92. The summed E-state index contributed by atoms with van der Waals surface area (Å²) in [5.74, 6) is 0.359. The number of β-lactam (4-membered cyclic amide) rings is 1. The molecule has 2 rings (SSSR count). The molecule has 0 saturated carbocycles. The minimum absolute atomic E-state index is 0.0859. The Morgan fingerprint density at radius 3 is 2.11 bits per heavy atom. The van der Waals surface area contributed by atoms with E-state index >= 15 is 0 Å². The number of carbonyl (C=O) groups is 1. The average Bonchev–Trinajstić information content (AvgIpc) is 2.24. The molecule has 1 aliphatic rings. The zero-order chi connectivity index (χ0) is 13.5. The van der Waals surface area contributed by atoms with Gasteiger partial charge in [-0.1, -0.05) is 43.4 Å². The Morgan fingerprint density at radius 1 is 1.11 bits per heavy atom. The van der Waals surface area contributed by atoms with Crippen molar-refractivity contribution in [3.8, 4) is 0 Å². The van der Waals surface area contributed by atoms with Crippen LogP contribution in [-0.2, 0) is 4.79 Å². The quantitative estimate of drug-likeness (QED) is 0.591. The molecule has 1 saturated heterocycles. The third-order valence-corrected chi connectivity index (χ3v) is 5.81. The van der Waals surface area contributed by atoms with Crippen LogP contribution in [0.1, 0.15) is 32.4 Å². The van der Waals surface area contributed by atoms with Crippen LogP contribution in [0.25, 0.3) is 0 Å². The topological polar surface area (TPSA) is 20.3 Å². The van der Waals surface area contributed by atoms with E-state index in [2.05, 4.69) is 63.0 Å². The molecule has 0 N–H and O–H groups in total. The molecule has 1 fully saturated rings. The molecule has 2 nitrogen and oxygen atoms in total. The minimum atomic E-state index is -0.965. The normalized spacial score (nSPS) is 24.3. The maximum atomic E-state index is 12.4. The van der Waals surface area contributed by atoms with E-state index in [1.165, 1.54) is 5.56 Å². The van der Waals surface area contributed by atoms with Gasteiger partial charge in [0.15, 0.2) is 0 Å². The Kier molecular flexibility index (Phi) is 3.36. The lowest BCUT2D eigenvalue weighted by Crippen LogP contribution is -2.62. The number of carbonyl (C=O) groups excluding carboxylic acids is 1. The highest BCUT2D eigenvalue weighted by Gasteiger charge is 2.53. The van der Waals surface area contributed by atoms with Gasteiger partial charge in [-0.25, -0.2) is 0 Å². The predicted molar refractivity (Wildman–Crippen MR) is 78.4 cm³/mol. The van der Waals surface area contributed by atoms with Gasteiger partial charge in [-0.3, -0.25) is 4.79 Å². The maximum Gasteiger partial charge on any atom is 0.226 e. The van der Waals surface area contributed by atoms with Gasteiger partial charge in [-0.05, 0) is 26.3 Å². The van der Waals surface area contributed by atoms with Crippen molar-refractivity contribution in [1.29, 1.82) is 0 Å². The first-order chi connectivity index (χ1) is 8.34. The summed E-state index contributed by atoms with van der Waals surface area (Å²) in [6.45, 7) is 10.9. The van der Waals surface area contributed by atoms with Crippen LogP contribution in [0.2, 0.25) is 18.6 Å². The highest BCUT2D eigenvalue weighted by atomic mass is 28.3. The van der Waals surface area contributed by atoms with Gasteiger partial charge in [-0.15, -0.1) is 0 Å². The minimum Gasteiger partial charge on any atom is -0.330 e. The maximum absolute atomic E-state index is 12.4. The third kappa shape index (κ3) is 2.12.